The van der Waals surface area contributed by atoms with Crippen molar-refractivity contribution in [2.45, 2.75) is 32.6 Å². The SMILES string of the molecule is CCCCCc1cccc(-c2ccccc2O)c1O. The first kappa shape index (κ1) is 13.5. The van der Waals surface area contributed by atoms with Gasteiger partial charge in [-0.15, -0.1) is 0 Å². The molecule has 0 radical (unpaired) electrons. The zero-order valence-corrected chi connectivity index (χ0v) is 11.3. The Labute approximate surface area is 114 Å². The van der Waals surface area contributed by atoms with E-state index in [1.807, 2.05) is 30.3 Å². The van der Waals surface area contributed by atoms with Crippen molar-refractivity contribution in [3.63, 3.8) is 0 Å². The van der Waals surface area contributed by atoms with Gasteiger partial charge in [0, 0.05) is 11.1 Å². The van der Waals surface area contributed by atoms with Crippen LogP contribution in [0.25, 0.3) is 11.1 Å². The highest BCUT2D eigenvalue weighted by atomic mass is 16.3. The van der Waals surface area contributed by atoms with E-state index in [4.69, 9.17) is 0 Å². The summed E-state index contributed by atoms with van der Waals surface area (Å²) >= 11 is 0. The van der Waals surface area contributed by atoms with Gasteiger partial charge in [-0.2, -0.15) is 0 Å². The lowest BCUT2D eigenvalue weighted by Gasteiger charge is -2.11. The lowest BCUT2D eigenvalue weighted by Crippen LogP contribution is -1.89. The number of phenolic OH excluding ortho intramolecular Hbond substituents is 2. The molecule has 0 heterocycles. The van der Waals surface area contributed by atoms with E-state index in [1.165, 1.54) is 12.8 Å². The van der Waals surface area contributed by atoms with Gasteiger partial charge in [0.15, 0.2) is 0 Å². The highest BCUT2D eigenvalue weighted by Gasteiger charge is 2.11. The second-order valence-corrected chi connectivity index (χ2v) is 4.79. The molecule has 2 N–H and O–H groups in total. The molecule has 0 aliphatic rings. The predicted molar refractivity (Wildman–Crippen MR) is 78.4 cm³/mol. The van der Waals surface area contributed by atoms with Gasteiger partial charge in [0.1, 0.15) is 11.5 Å². The third-order valence-corrected chi connectivity index (χ3v) is 3.36. The van der Waals surface area contributed by atoms with Gasteiger partial charge in [-0.3, -0.25) is 0 Å². The largest absolute Gasteiger partial charge is 0.507 e. The lowest BCUT2D eigenvalue weighted by atomic mass is 9.98. The quantitative estimate of drug-likeness (QED) is 0.773. The minimum Gasteiger partial charge on any atom is -0.507 e. The summed E-state index contributed by atoms with van der Waals surface area (Å²) in [5.74, 6) is 0.489. The first-order valence-corrected chi connectivity index (χ1v) is 6.83. The van der Waals surface area contributed by atoms with E-state index in [0.717, 1.165) is 18.4 Å². The molecular weight excluding hydrogens is 236 g/mol. The smallest absolute Gasteiger partial charge is 0.126 e. The third kappa shape index (κ3) is 3.08. The van der Waals surface area contributed by atoms with E-state index in [2.05, 4.69) is 6.92 Å². The summed E-state index contributed by atoms with van der Waals surface area (Å²) in [6.45, 7) is 2.16. The van der Waals surface area contributed by atoms with E-state index >= 15 is 0 Å². The van der Waals surface area contributed by atoms with Crippen molar-refractivity contribution >= 4 is 0 Å². The number of unbranched alkanes of at least 4 members (excludes halogenated alkanes) is 2. The summed E-state index contributed by atoms with van der Waals surface area (Å²) < 4.78 is 0. The van der Waals surface area contributed by atoms with Gasteiger partial charge < -0.3 is 10.2 Å². The van der Waals surface area contributed by atoms with Gasteiger partial charge >= 0.3 is 0 Å². The summed E-state index contributed by atoms with van der Waals surface area (Å²) in [4.78, 5) is 0. The molecule has 0 unspecified atom stereocenters. The van der Waals surface area contributed by atoms with Gasteiger partial charge in [-0.25, -0.2) is 0 Å². The van der Waals surface area contributed by atoms with Crippen LogP contribution in [0.15, 0.2) is 42.5 Å². The van der Waals surface area contributed by atoms with Crippen LogP contribution in [-0.4, -0.2) is 10.2 Å². The van der Waals surface area contributed by atoms with E-state index in [1.54, 1.807) is 12.1 Å². The van der Waals surface area contributed by atoms with Crippen LogP contribution in [0, 0.1) is 0 Å². The summed E-state index contributed by atoms with van der Waals surface area (Å²) in [5.41, 5.74) is 2.33. The molecule has 0 aromatic heterocycles. The van der Waals surface area contributed by atoms with E-state index in [0.29, 0.717) is 16.9 Å². The number of hydrogen-bond donors (Lipinski definition) is 2. The molecule has 19 heavy (non-hydrogen) atoms. The highest BCUT2D eigenvalue weighted by Crippen LogP contribution is 2.37. The number of benzene rings is 2. The Morgan fingerprint density at radius 3 is 2.32 bits per heavy atom. The lowest BCUT2D eigenvalue weighted by molar-refractivity contribution is 0.463. The summed E-state index contributed by atoms with van der Waals surface area (Å²) in [6.07, 6.45) is 4.29. The van der Waals surface area contributed by atoms with Gasteiger partial charge in [-0.05, 0) is 24.5 Å². The summed E-state index contributed by atoms with van der Waals surface area (Å²) in [7, 11) is 0. The van der Waals surface area contributed by atoms with Gasteiger partial charge in [0.25, 0.3) is 0 Å². The van der Waals surface area contributed by atoms with Gasteiger partial charge in [0.05, 0.1) is 0 Å². The van der Waals surface area contributed by atoms with E-state index in [9.17, 15) is 10.2 Å². The van der Waals surface area contributed by atoms with Crippen molar-refractivity contribution in [1.82, 2.24) is 0 Å². The van der Waals surface area contributed by atoms with Crippen LogP contribution in [0.4, 0.5) is 0 Å². The Hall–Kier alpha value is -1.96. The molecule has 0 aliphatic carbocycles. The number of aromatic hydroxyl groups is 2. The van der Waals surface area contributed by atoms with E-state index in [-0.39, 0.29) is 5.75 Å². The molecule has 2 aromatic rings. The molecule has 0 aliphatic heterocycles. The molecule has 2 rings (SSSR count). The standard InChI is InChI=1S/C17H20O2/c1-2-3-4-8-13-9-7-11-15(17(13)19)14-10-5-6-12-16(14)18/h5-7,9-12,18-19H,2-4,8H2,1H3. The molecular formula is C17H20O2. The van der Waals surface area contributed by atoms with Crippen LogP contribution < -0.4 is 0 Å². The van der Waals surface area contributed by atoms with Gasteiger partial charge in [0.2, 0.25) is 0 Å². The molecule has 0 bridgehead atoms. The topological polar surface area (TPSA) is 40.5 Å². The zero-order valence-electron chi connectivity index (χ0n) is 11.3. The Bertz CT molecular complexity index is 547. The van der Waals surface area contributed by atoms with Crippen LogP contribution in [0.1, 0.15) is 31.7 Å². The minimum absolute atomic E-state index is 0.198. The molecule has 0 amide bonds. The third-order valence-electron chi connectivity index (χ3n) is 3.36. The number of para-hydroxylation sites is 2. The molecule has 0 fully saturated rings. The van der Waals surface area contributed by atoms with Crippen molar-refractivity contribution in [2.75, 3.05) is 0 Å². The van der Waals surface area contributed by atoms with E-state index < -0.39 is 0 Å². The van der Waals surface area contributed by atoms with Crippen LogP contribution in [0.3, 0.4) is 0 Å². The van der Waals surface area contributed by atoms with Crippen molar-refractivity contribution in [3.05, 3.63) is 48.0 Å². The maximum atomic E-state index is 10.4. The molecule has 0 saturated heterocycles. The highest BCUT2D eigenvalue weighted by molar-refractivity contribution is 5.76. The maximum absolute atomic E-state index is 10.4. The average Bonchev–Trinajstić information content (AvgIpc) is 2.42. The second-order valence-electron chi connectivity index (χ2n) is 4.79. The predicted octanol–water partition coefficient (Wildman–Crippen LogP) is 4.50. The summed E-state index contributed by atoms with van der Waals surface area (Å²) in [5, 5.41) is 20.2. The molecule has 2 aromatic carbocycles. The molecule has 2 heteroatoms. The first-order chi connectivity index (χ1) is 9.24. The molecule has 2 nitrogen and oxygen atoms in total. The van der Waals surface area contributed by atoms with Gasteiger partial charge in [-0.1, -0.05) is 56.2 Å². The fourth-order valence-electron chi connectivity index (χ4n) is 2.28. The molecule has 0 saturated carbocycles. The van der Waals surface area contributed by atoms with Crippen molar-refractivity contribution in [1.29, 1.82) is 0 Å². The van der Waals surface area contributed by atoms with Crippen LogP contribution in [-0.2, 0) is 6.42 Å². The van der Waals surface area contributed by atoms with Crippen LogP contribution in [0.2, 0.25) is 0 Å². The van der Waals surface area contributed by atoms with Crippen LogP contribution in [0.5, 0.6) is 11.5 Å². The molecule has 0 atom stereocenters. The first-order valence-electron chi connectivity index (χ1n) is 6.83. The van der Waals surface area contributed by atoms with Crippen molar-refractivity contribution in [2.24, 2.45) is 0 Å². The fourth-order valence-corrected chi connectivity index (χ4v) is 2.28. The number of hydrogen-bond acceptors (Lipinski definition) is 2. The van der Waals surface area contributed by atoms with Crippen molar-refractivity contribution < 1.29 is 10.2 Å². The zero-order chi connectivity index (χ0) is 13.7. The number of aryl methyl sites for hydroxylation is 1. The monoisotopic (exact) mass is 256 g/mol. The Morgan fingerprint density at radius 2 is 1.58 bits per heavy atom. The Morgan fingerprint density at radius 1 is 0.842 bits per heavy atom. The Kier molecular flexibility index (Phi) is 4.45. The second kappa shape index (κ2) is 6.28. The van der Waals surface area contributed by atoms with Crippen LogP contribution >= 0.6 is 0 Å². The normalized spacial score (nSPS) is 10.6. The van der Waals surface area contributed by atoms with Crippen molar-refractivity contribution in [3.8, 4) is 22.6 Å². The Balaban J connectivity index is 2.32. The number of phenols is 2. The fraction of sp³-hybridized carbons (Fsp3) is 0.294. The minimum atomic E-state index is 0.198. The maximum Gasteiger partial charge on any atom is 0.126 e. The molecule has 100 valence electrons. The summed E-state index contributed by atoms with van der Waals surface area (Å²) in [6, 6.07) is 12.8. The number of rotatable bonds is 5. The molecule has 0 spiro atoms. The average molecular weight is 256 g/mol.